The first-order chi connectivity index (χ1) is 11.1. The Kier molecular flexibility index (Phi) is 4.79. The molecule has 0 aromatic carbocycles. The van der Waals surface area contributed by atoms with Gasteiger partial charge in [0.15, 0.2) is 0 Å². The third-order valence-corrected chi connectivity index (χ3v) is 4.63. The molecule has 2 aliphatic rings. The average Bonchev–Trinajstić information content (AvgIpc) is 2.46. The molecule has 2 fully saturated rings. The van der Waals surface area contributed by atoms with E-state index in [9.17, 15) is 20.3 Å². The van der Waals surface area contributed by atoms with Gasteiger partial charge in [-0.15, -0.1) is 0 Å². The minimum Gasteiger partial charge on any atom is -0.763 e. The quantitative estimate of drug-likeness (QED) is 0.408. The molecule has 1 atom stereocenters. The molecule has 2 aliphatic heterocycles. The SMILES string of the molecule is CC(C)(C)OC(=O)N1CCC2(CC1)C(=C=[N-])C(=S)NC(=O)C2C#N. The van der Waals surface area contributed by atoms with Crippen LogP contribution in [0.2, 0.25) is 0 Å². The molecule has 1 unspecified atom stereocenters. The lowest BCUT2D eigenvalue weighted by molar-refractivity contribution is -0.126. The van der Waals surface area contributed by atoms with Gasteiger partial charge in [0.2, 0.25) is 5.91 Å². The van der Waals surface area contributed by atoms with Crippen LogP contribution in [0.25, 0.3) is 5.41 Å². The van der Waals surface area contributed by atoms with Crippen molar-refractivity contribution in [1.29, 1.82) is 5.26 Å². The van der Waals surface area contributed by atoms with Crippen LogP contribution in [0.1, 0.15) is 33.6 Å². The fourth-order valence-electron chi connectivity index (χ4n) is 3.17. The number of hydrogen-bond donors (Lipinski definition) is 1. The highest BCUT2D eigenvalue weighted by Crippen LogP contribution is 2.47. The highest BCUT2D eigenvalue weighted by molar-refractivity contribution is 7.80. The molecule has 0 saturated carbocycles. The number of nitrogens with one attached hydrogen (secondary N) is 1. The van der Waals surface area contributed by atoms with Crippen molar-refractivity contribution in [3.05, 3.63) is 11.0 Å². The number of nitriles is 1. The summed E-state index contributed by atoms with van der Waals surface area (Å²) < 4.78 is 5.35. The van der Waals surface area contributed by atoms with Crippen molar-refractivity contribution in [3.8, 4) is 6.07 Å². The summed E-state index contributed by atoms with van der Waals surface area (Å²) in [5.41, 5.74) is -1.27. The highest BCUT2D eigenvalue weighted by atomic mass is 32.1. The van der Waals surface area contributed by atoms with Gasteiger partial charge in [-0.05, 0) is 33.6 Å². The highest BCUT2D eigenvalue weighted by Gasteiger charge is 2.52. The van der Waals surface area contributed by atoms with E-state index in [1.54, 1.807) is 20.8 Å². The van der Waals surface area contributed by atoms with Gasteiger partial charge in [0.25, 0.3) is 0 Å². The first-order valence-electron chi connectivity index (χ1n) is 7.65. The molecule has 24 heavy (non-hydrogen) atoms. The third-order valence-electron chi connectivity index (χ3n) is 4.32. The first kappa shape index (κ1) is 18.1. The Bertz CT molecular complexity index is 674. The van der Waals surface area contributed by atoms with Crippen LogP contribution < -0.4 is 5.32 Å². The molecule has 0 radical (unpaired) electrons. The Labute approximate surface area is 146 Å². The second-order valence-electron chi connectivity index (χ2n) is 6.99. The van der Waals surface area contributed by atoms with Crippen molar-refractivity contribution in [2.24, 2.45) is 11.3 Å². The maximum atomic E-state index is 12.2. The average molecular weight is 347 g/mol. The maximum absolute atomic E-state index is 12.2. The van der Waals surface area contributed by atoms with Crippen molar-refractivity contribution in [2.75, 3.05) is 13.1 Å². The van der Waals surface area contributed by atoms with Gasteiger partial charge in [-0.1, -0.05) is 12.2 Å². The predicted octanol–water partition coefficient (Wildman–Crippen LogP) is 1.77. The predicted molar refractivity (Wildman–Crippen MR) is 91.2 cm³/mol. The summed E-state index contributed by atoms with van der Waals surface area (Å²) in [5, 5.41) is 21.3. The van der Waals surface area contributed by atoms with Crippen LogP contribution in [0.5, 0.6) is 0 Å². The van der Waals surface area contributed by atoms with Crippen LogP contribution in [0.4, 0.5) is 4.79 Å². The van der Waals surface area contributed by atoms with Gasteiger partial charge in [-0.2, -0.15) is 5.26 Å². The van der Waals surface area contributed by atoms with Gasteiger partial charge in [0, 0.05) is 24.1 Å². The van der Waals surface area contributed by atoms with Gasteiger partial charge < -0.3 is 20.4 Å². The molecule has 8 heteroatoms. The van der Waals surface area contributed by atoms with Gasteiger partial charge in [0.1, 0.15) is 16.5 Å². The Hall–Kier alpha value is -2.23. The van der Waals surface area contributed by atoms with Crippen LogP contribution >= 0.6 is 12.2 Å². The zero-order valence-electron chi connectivity index (χ0n) is 13.9. The zero-order chi connectivity index (χ0) is 18.1. The molecule has 128 valence electrons. The number of thiocarbonyl (C=S) groups is 1. The molecular weight excluding hydrogens is 328 g/mol. The van der Waals surface area contributed by atoms with Gasteiger partial charge in [-0.3, -0.25) is 10.7 Å². The second-order valence-corrected chi connectivity index (χ2v) is 7.40. The van der Waals surface area contributed by atoms with Crippen LogP contribution in [0, 0.1) is 22.7 Å². The Morgan fingerprint density at radius 3 is 2.50 bits per heavy atom. The Morgan fingerprint density at radius 1 is 1.46 bits per heavy atom. The zero-order valence-corrected chi connectivity index (χ0v) is 14.7. The lowest BCUT2D eigenvalue weighted by atomic mass is 9.62. The first-order valence-corrected chi connectivity index (χ1v) is 8.06. The minimum atomic E-state index is -0.986. The molecule has 0 aliphatic carbocycles. The number of ether oxygens (including phenoxy) is 1. The molecule has 1 spiro atoms. The van der Waals surface area contributed by atoms with Gasteiger partial charge in [0.05, 0.1) is 6.07 Å². The van der Waals surface area contributed by atoms with E-state index in [0.717, 1.165) is 0 Å². The molecule has 2 amide bonds. The van der Waals surface area contributed by atoms with E-state index < -0.39 is 28.9 Å². The fourth-order valence-corrected chi connectivity index (χ4v) is 3.52. The standard InChI is InChI=1S/C16H19N4O3S/c1-15(2,3)23-14(22)20-6-4-16(5-7-20)10(8-17)12(21)19-13(24)11(16)9-18/h10H,4-7H2,1-3H3,(H,19,21,24)/q-1. The van der Waals surface area contributed by atoms with Crippen molar-refractivity contribution in [3.63, 3.8) is 0 Å². The van der Waals surface area contributed by atoms with Gasteiger partial charge >= 0.3 is 6.09 Å². The summed E-state index contributed by atoms with van der Waals surface area (Å²) in [6.45, 7) is 5.96. The molecular formula is C16H19N4O3S-. The molecule has 0 bridgehead atoms. The number of carbonyl (C=O) groups excluding carboxylic acids is 2. The van der Waals surface area contributed by atoms with E-state index in [0.29, 0.717) is 25.9 Å². The van der Waals surface area contributed by atoms with Crippen molar-refractivity contribution < 1.29 is 14.3 Å². The molecule has 0 aromatic heterocycles. The number of likely N-dealkylation sites (tertiary alicyclic amines) is 1. The Balaban J connectivity index is 2.24. The van der Waals surface area contributed by atoms with Crippen LogP contribution in [-0.4, -0.2) is 46.4 Å². The topological polar surface area (TPSA) is 105 Å². The number of carbonyl (C=O) groups is 2. The summed E-state index contributed by atoms with van der Waals surface area (Å²) in [5.74, 6) is 0.590. The van der Waals surface area contributed by atoms with Crippen LogP contribution in [0.3, 0.4) is 0 Å². The normalized spacial score (nSPS) is 23.3. The van der Waals surface area contributed by atoms with E-state index in [1.807, 2.05) is 6.07 Å². The van der Waals surface area contributed by atoms with E-state index in [4.69, 9.17) is 17.0 Å². The lowest BCUT2D eigenvalue weighted by Crippen LogP contribution is -2.57. The number of hydrogen-bond acceptors (Lipinski definition) is 5. The number of piperidine rings is 2. The largest absolute Gasteiger partial charge is 0.763 e. The Morgan fingerprint density at radius 2 is 2.04 bits per heavy atom. The number of amides is 2. The third kappa shape index (κ3) is 3.18. The molecule has 1 N–H and O–H groups in total. The van der Waals surface area contributed by atoms with E-state index >= 15 is 0 Å². The van der Waals surface area contributed by atoms with Gasteiger partial charge in [-0.25, -0.2) is 4.79 Å². The van der Waals surface area contributed by atoms with Crippen LogP contribution in [0.15, 0.2) is 5.57 Å². The van der Waals surface area contributed by atoms with E-state index in [1.165, 1.54) is 4.90 Å². The van der Waals surface area contributed by atoms with E-state index in [2.05, 4.69) is 11.2 Å². The van der Waals surface area contributed by atoms with Crippen molar-refractivity contribution in [1.82, 2.24) is 10.2 Å². The second kappa shape index (κ2) is 6.34. The lowest BCUT2D eigenvalue weighted by Gasteiger charge is -2.47. The fraction of sp³-hybridized carbons (Fsp3) is 0.625. The van der Waals surface area contributed by atoms with Crippen LogP contribution in [-0.2, 0) is 9.53 Å². The molecule has 2 heterocycles. The monoisotopic (exact) mass is 347 g/mol. The maximum Gasteiger partial charge on any atom is 0.410 e. The minimum absolute atomic E-state index is 0.0831. The summed E-state index contributed by atoms with van der Waals surface area (Å²) in [6, 6.07) is 2.00. The summed E-state index contributed by atoms with van der Waals surface area (Å²) in [7, 11) is 0. The summed E-state index contributed by atoms with van der Waals surface area (Å²) in [6.07, 6.45) is 0.203. The number of nitrogens with zero attached hydrogens (tertiary/aromatic N) is 3. The molecule has 2 saturated heterocycles. The molecule has 2 rings (SSSR count). The number of rotatable bonds is 0. The molecule has 7 nitrogen and oxygen atoms in total. The summed E-state index contributed by atoms with van der Waals surface area (Å²) >= 11 is 5.10. The molecule has 0 aromatic rings. The van der Waals surface area contributed by atoms with E-state index in [-0.39, 0.29) is 10.6 Å². The van der Waals surface area contributed by atoms with Crippen molar-refractivity contribution in [2.45, 2.75) is 39.2 Å². The van der Waals surface area contributed by atoms with Crippen molar-refractivity contribution >= 4 is 35.1 Å². The smallest absolute Gasteiger partial charge is 0.410 e. The summed E-state index contributed by atoms with van der Waals surface area (Å²) in [4.78, 5) is 25.9.